The van der Waals surface area contributed by atoms with E-state index in [1.807, 2.05) is 66.2 Å². The molecule has 0 bridgehead atoms. The maximum atomic E-state index is 12.2. The van der Waals surface area contributed by atoms with Crippen molar-refractivity contribution >= 4 is 34.9 Å². The molecule has 1 amide bonds. The third-order valence-corrected chi connectivity index (χ3v) is 4.95. The monoisotopic (exact) mass is 359 g/mol. The first-order chi connectivity index (χ1) is 11.6. The zero-order valence-electron chi connectivity index (χ0n) is 13.3. The summed E-state index contributed by atoms with van der Waals surface area (Å²) in [6, 6.07) is 13.4. The van der Waals surface area contributed by atoms with Gasteiger partial charge in [0.25, 0.3) is 0 Å². The highest BCUT2D eigenvalue weighted by atomic mass is 35.5. The van der Waals surface area contributed by atoms with Gasteiger partial charge in [0.15, 0.2) is 0 Å². The second-order valence-corrected chi connectivity index (χ2v) is 7.30. The summed E-state index contributed by atoms with van der Waals surface area (Å²) in [6.07, 6.45) is 4.67. The summed E-state index contributed by atoms with van der Waals surface area (Å²) in [5, 5.41) is 3.51. The second kappa shape index (κ2) is 7.73. The van der Waals surface area contributed by atoms with Gasteiger partial charge in [0.2, 0.25) is 5.91 Å². The maximum Gasteiger partial charge on any atom is 0.233 e. The van der Waals surface area contributed by atoms with Crippen molar-refractivity contribution in [2.75, 3.05) is 6.54 Å². The van der Waals surface area contributed by atoms with Crippen LogP contribution in [0.25, 0.3) is 5.65 Å². The van der Waals surface area contributed by atoms with E-state index in [2.05, 4.69) is 10.3 Å². The average molecular weight is 360 g/mol. The molecule has 2 aromatic heterocycles. The molecule has 0 radical (unpaired) electrons. The SMILES string of the molecule is CC(Sc1ccc(Cl)cc1)C(=O)NCCc1cn2ccccc2n1. The minimum absolute atomic E-state index is 0.0266. The van der Waals surface area contributed by atoms with Crippen molar-refractivity contribution in [3.05, 3.63) is 65.6 Å². The van der Waals surface area contributed by atoms with E-state index in [4.69, 9.17) is 11.6 Å². The zero-order valence-corrected chi connectivity index (χ0v) is 14.8. The van der Waals surface area contributed by atoms with E-state index in [1.165, 1.54) is 11.8 Å². The molecule has 124 valence electrons. The highest BCUT2D eigenvalue weighted by Gasteiger charge is 2.14. The number of pyridine rings is 1. The number of fused-ring (bicyclic) bond motifs is 1. The molecule has 2 heterocycles. The Morgan fingerprint density at radius 2 is 2.08 bits per heavy atom. The molecule has 0 spiro atoms. The van der Waals surface area contributed by atoms with E-state index in [0.717, 1.165) is 16.2 Å². The molecule has 1 aromatic carbocycles. The predicted octanol–water partition coefficient (Wildman–Crippen LogP) is 3.83. The number of hydrogen-bond acceptors (Lipinski definition) is 3. The van der Waals surface area contributed by atoms with Crippen molar-refractivity contribution in [2.24, 2.45) is 0 Å². The molecule has 0 saturated carbocycles. The molecule has 1 atom stereocenters. The van der Waals surface area contributed by atoms with Crippen LogP contribution < -0.4 is 5.32 Å². The summed E-state index contributed by atoms with van der Waals surface area (Å²) in [5.41, 5.74) is 1.89. The summed E-state index contributed by atoms with van der Waals surface area (Å²) >= 11 is 7.39. The Morgan fingerprint density at radius 3 is 2.83 bits per heavy atom. The number of carbonyl (C=O) groups is 1. The maximum absolute atomic E-state index is 12.2. The minimum Gasteiger partial charge on any atom is -0.355 e. The normalized spacial score (nSPS) is 12.2. The number of amides is 1. The van der Waals surface area contributed by atoms with E-state index < -0.39 is 0 Å². The van der Waals surface area contributed by atoms with Crippen LogP contribution in [0.3, 0.4) is 0 Å². The molecular formula is C18H18ClN3OS. The molecule has 0 fully saturated rings. The van der Waals surface area contributed by atoms with Crippen LogP contribution in [0.15, 0.2) is 59.8 Å². The fourth-order valence-corrected chi connectivity index (χ4v) is 3.35. The van der Waals surface area contributed by atoms with Gasteiger partial charge in [-0.15, -0.1) is 11.8 Å². The number of aromatic nitrogens is 2. The third-order valence-electron chi connectivity index (χ3n) is 3.59. The number of nitrogens with one attached hydrogen (secondary N) is 1. The molecule has 1 unspecified atom stereocenters. The van der Waals surface area contributed by atoms with Gasteiger partial charge in [0.1, 0.15) is 5.65 Å². The summed E-state index contributed by atoms with van der Waals surface area (Å²) in [4.78, 5) is 17.7. The van der Waals surface area contributed by atoms with Crippen molar-refractivity contribution in [2.45, 2.75) is 23.5 Å². The fourth-order valence-electron chi connectivity index (χ4n) is 2.34. The van der Waals surface area contributed by atoms with Gasteiger partial charge in [-0.2, -0.15) is 0 Å². The highest BCUT2D eigenvalue weighted by molar-refractivity contribution is 8.00. The molecule has 6 heteroatoms. The van der Waals surface area contributed by atoms with Crippen molar-refractivity contribution in [3.8, 4) is 0 Å². The van der Waals surface area contributed by atoms with E-state index in [9.17, 15) is 4.79 Å². The van der Waals surface area contributed by atoms with Crippen LogP contribution in [0.2, 0.25) is 5.02 Å². The molecule has 1 N–H and O–H groups in total. The van der Waals surface area contributed by atoms with Crippen molar-refractivity contribution < 1.29 is 4.79 Å². The van der Waals surface area contributed by atoms with Gasteiger partial charge in [-0.3, -0.25) is 4.79 Å². The number of nitrogens with zero attached hydrogens (tertiary/aromatic N) is 2. The Labute approximate surface area is 150 Å². The molecule has 3 rings (SSSR count). The van der Waals surface area contributed by atoms with Gasteiger partial charge in [0.05, 0.1) is 10.9 Å². The second-order valence-electron chi connectivity index (χ2n) is 5.45. The van der Waals surface area contributed by atoms with E-state index in [0.29, 0.717) is 18.0 Å². The van der Waals surface area contributed by atoms with E-state index in [1.54, 1.807) is 0 Å². The van der Waals surface area contributed by atoms with Crippen LogP contribution in [-0.2, 0) is 11.2 Å². The summed E-state index contributed by atoms with van der Waals surface area (Å²) < 4.78 is 1.98. The summed E-state index contributed by atoms with van der Waals surface area (Å²) in [6.45, 7) is 2.48. The summed E-state index contributed by atoms with van der Waals surface area (Å²) in [7, 11) is 0. The Morgan fingerprint density at radius 1 is 1.29 bits per heavy atom. The molecule has 4 nitrogen and oxygen atoms in total. The van der Waals surface area contributed by atoms with Gasteiger partial charge in [-0.1, -0.05) is 17.7 Å². The molecule has 0 aliphatic rings. The largest absolute Gasteiger partial charge is 0.355 e. The average Bonchev–Trinajstić information content (AvgIpc) is 2.99. The number of thioether (sulfide) groups is 1. The van der Waals surface area contributed by atoms with E-state index in [-0.39, 0.29) is 11.2 Å². The fraction of sp³-hybridized carbons (Fsp3) is 0.222. The predicted molar refractivity (Wildman–Crippen MR) is 98.7 cm³/mol. The Bertz CT molecular complexity index is 799. The lowest BCUT2D eigenvalue weighted by Crippen LogP contribution is -2.32. The third kappa shape index (κ3) is 4.30. The van der Waals surface area contributed by atoms with Gasteiger partial charge >= 0.3 is 0 Å². The lowest BCUT2D eigenvalue weighted by Gasteiger charge is -2.11. The molecule has 0 aliphatic heterocycles. The zero-order chi connectivity index (χ0) is 16.9. The first-order valence-electron chi connectivity index (χ1n) is 7.74. The van der Waals surface area contributed by atoms with Gasteiger partial charge in [0, 0.05) is 35.3 Å². The molecule has 3 aromatic rings. The van der Waals surface area contributed by atoms with Crippen LogP contribution in [0, 0.1) is 0 Å². The molecular weight excluding hydrogens is 342 g/mol. The number of halogens is 1. The minimum atomic E-state index is -0.160. The van der Waals surface area contributed by atoms with Crippen molar-refractivity contribution in [1.29, 1.82) is 0 Å². The van der Waals surface area contributed by atoms with Crippen LogP contribution >= 0.6 is 23.4 Å². The van der Waals surface area contributed by atoms with Crippen molar-refractivity contribution in [3.63, 3.8) is 0 Å². The Hall–Kier alpha value is -1.98. The van der Waals surface area contributed by atoms with Gasteiger partial charge in [-0.25, -0.2) is 4.98 Å². The van der Waals surface area contributed by atoms with Crippen LogP contribution in [0.4, 0.5) is 0 Å². The quantitative estimate of drug-likeness (QED) is 0.680. The number of hydrogen-bond donors (Lipinski definition) is 1. The summed E-state index contributed by atoms with van der Waals surface area (Å²) in [5.74, 6) is 0.0266. The standard InChI is InChI=1S/C18H18ClN3OS/c1-13(24-16-7-5-14(19)6-8-16)18(23)20-10-9-15-12-22-11-3-2-4-17(22)21-15/h2-8,11-13H,9-10H2,1H3,(H,20,23). The lowest BCUT2D eigenvalue weighted by molar-refractivity contribution is -0.120. The number of rotatable bonds is 6. The molecule has 0 saturated heterocycles. The smallest absolute Gasteiger partial charge is 0.233 e. The number of carbonyl (C=O) groups excluding carboxylic acids is 1. The van der Waals surface area contributed by atoms with Crippen LogP contribution in [-0.4, -0.2) is 27.1 Å². The van der Waals surface area contributed by atoms with Crippen LogP contribution in [0.1, 0.15) is 12.6 Å². The number of benzene rings is 1. The topological polar surface area (TPSA) is 46.4 Å². The van der Waals surface area contributed by atoms with Crippen LogP contribution in [0.5, 0.6) is 0 Å². The van der Waals surface area contributed by atoms with Gasteiger partial charge in [-0.05, 0) is 43.3 Å². The highest BCUT2D eigenvalue weighted by Crippen LogP contribution is 2.24. The Kier molecular flexibility index (Phi) is 5.43. The van der Waals surface area contributed by atoms with Crippen molar-refractivity contribution in [1.82, 2.24) is 14.7 Å². The van der Waals surface area contributed by atoms with E-state index >= 15 is 0 Å². The first kappa shape index (κ1) is 16.9. The molecule has 24 heavy (non-hydrogen) atoms. The molecule has 0 aliphatic carbocycles. The first-order valence-corrected chi connectivity index (χ1v) is 9.00. The lowest BCUT2D eigenvalue weighted by atomic mass is 10.3. The number of imidazole rings is 1. The van der Waals surface area contributed by atoms with Gasteiger partial charge < -0.3 is 9.72 Å². The Balaban J connectivity index is 1.48.